The lowest BCUT2D eigenvalue weighted by Crippen LogP contribution is -2.08. The maximum absolute atomic E-state index is 12.4. The number of nitrogens with zero attached hydrogens (tertiary/aromatic N) is 1. The fraction of sp³-hybridized carbons (Fsp3) is 0.176. The van der Waals surface area contributed by atoms with Crippen molar-refractivity contribution in [3.8, 4) is 0 Å². The van der Waals surface area contributed by atoms with Crippen molar-refractivity contribution in [1.29, 1.82) is 0 Å². The topological polar surface area (TPSA) is 42.0 Å². The third-order valence-corrected chi connectivity index (χ3v) is 4.75. The summed E-state index contributed by atoms with van der Waals surface area (Å²) >= 11 is 1.59. The van der Waals surface area contributed by atoms with Crippen molar-refractivity contribution in [1.82, 2.24) is 4.98 Å². The van der Waals surface area contributed by atoms with Crippen LogP contribution >= 0.6 is 36.2 Å². The van der Waals surface area contributed by atoms with E-state index in [2.05, 4.69) is 22.4 Å². The summed E-state index contributed by atoms with van der Waals surface area (Å²) in [7, 11) is 0. The van der Waals surface area contributed by atoms with Crippen LogP contribution in [0.3, 0.4) is 0 Å². The lowest BCUT2D eigenvalue weighted by atomic mass is 10.1. The standard InChI is InChI=1S/C17H16N2OS.2ClH/c1-12-14-6-2-3-7-16(14)21-17(12)15(20)8-10-19-13-5-4-9-18-11-13;;/h2-7,9,11,19H,8,10H2,1H3;2*1H. The number of aromatic nitrogens is 1. The van der Waals surface area contributed by atoms with Gasteiger partial charge in [-0.15, -0.1) is 36.2 Å². The van der Waals surface area contributed by atoms with Crippen molar-refractivity contribution < 1.29 is 4.79 Å². The van der Waals surface area contributed by atoms with Gasteiger partial charge in [-0.05, 0) is 36.1 Å². The number of ketones is 1. The molecular weight excluding hydrogens is 351 g/mol. The number of carbonyl (C=O) groups is 1. The minimum atomic E-state index is 0. The minimum absolute atomic E-state index is 0. The second kappa shape index (κ2) is 8.87. The van der Waals surface area contributed by atoms with Crippen LogP contribution in [0.1, 0.15) is 21.7 Å². The van der Waals surface area contributed by atoms with Crippen LogP contribution in [-0.4, -0.2) is 17.3 Å². The third-order valence-electron chi connectivity index (χ3n) is 3.44. The quantitative estimate of drug-likeness (QED) is 0.634. The van der Waals surface area contributed by atoms with Gasteiger partial charge in [-0.3, -0.25) is 9.78 Å². The predicted molar refractivity (Wildman–Crippen MR) is 103 cm³/mol. The highest BCUT2D eigenvalue weighted by molar-refractivity contribution is 7.21. The van der Waals surface area contributed by atoms with Gasteiger partial charge < -0.3 is 5.32 Å². The third kappa shape index (κ3) is 4.44. The summed E-state index contributed by atoms with van der Waals surface area (Å²) in [5, 5.41) is 4.41. The number of hydrogen-bond donors (Lipinski definition) is 1. The Morgan fingerprint density at radius 1 is 1.17 bits per heavy atom. The van der Waals surface area contributed by atoms with Crippen LogP contribution in [0.5, 0.6) is 0 Å². The molecule has 3 nitrogen and oxygen atoms in total. The van der Waals surface area contributed by atoms with E-state index < -0.39 is 0 Å². The van der Waals surface area contributed by atoms with E-state index >= 15 is 0 Å². The van der Waals surface area contributed by atoms with E-state index in [1.54, 1.807) is 23.7 Å². The van der Waals surface area contributed by atoms with Gasteiger partial charge in [0.05, 0.1) is 10.6 Å². The molecule has 0 bridgehead atoms. The molecule has 122 valence electrons. The van der Waals surface area contributed by atoms with E-state index in [0.29, 0.717) is 13.0 Å². The second-order valence-corrected chi connectivity index (χ2v) is 5.95. The number of halogens is 2. The molecule has 0 spiro atoms. The zero-order valence-electron chi connectivity index (χ0n) is 12.6. The molecule has 0 amide bonds. The van der Waals surface area contributed by atoms with E-state index in [1.165, 1.54) is 10.1 Å². The van der Waals surface area contributed by atoms with Gasteiger partial charge in [0.25, 0.3) is 0 Å². The summed E-state index contributed by atoms with van der Waals surface area (Å²) in [6.07, 6.45) is 3.98. The number of aryl methyl sites for hydroxylation is 1. The van der Waals surface area contributed by atoms with Gasteiger partial charge in [0, 0.05) is 30.1 Å². The van der Waals surface area contributed by atoms with Crippen LogP contribution in [0, 0.1) is 6.92 Å². The highest BCUT2D eigenvalue weighted by atomic mass is 35.5. The van der Waals surface area contributed by atoms with E-state index in [1.807, 2.05) is 31.2 Å². The monoisotopic (exact) mass is 368 g/mol. The van der Waals surface area contributed by atoms with Gasteiger partial charge in [0.1, 0.15) is 0 Å². The molecule has 0 aliphatic carbocycles. The number of nitrogens with one attached hydrogen (secondary N) is 1. The summed E-state index contributed by atoms with van der Waals surface area (Å²) in [6.45, 7) is 2.65. The molecule has 0 unspecified atom stereocenters. The first-order valence-corrected chi connectivity index (χ1v) is 7.72. The van der Waals surface area contributed by atoms with E-state index in [9.17, 15) is 4.79 Å². The molecule has 2 aromatic heterocycles. The van der Waals surface area contributed by atoms with Crippen molar-refractivity contribution in [2.75, 3.05) is 11.9 Å². The SMILES string of the molecule is Cc1c(C(=O)CCNc2cccnc2)sc2ccccc12.Cl.Cl. The van der Waals surface area contributed by atoms with Gasteiger partial charge in [-0.2, -0.15) is 0 Å². The molecule has 2 heterocycles. The molecule has 0 fully saturated rings. The molecular formula is C17H18Cl2N2OS. The number of anilines is 1. The molecule has 23 heavy (non-hydrogen) atoms. The van der Waals surface area contributed by atoms with Crippen molar-refractivity contribution in [3.05, 3.63) is 59.2 Å². The normalized spacial score (nSPS) is 9.78. The number of carbonyl (C=O) groups excluding carboxylic acids is 1. The average Bonchev–Trinajstić information content (AvgIpc) is 2.86. The van der Waals surface area contributed by atoms with E-state index in [0.717, 1.165) is 16.1 Å². The Kier molecular flexibility index (Phi) is 7.49. The lowest BCUT2D eigenvalue weighted by molar-refractivity contribution is 0.0990. The van der Waals surface area contributed by atoms with E-state index in [4.69, 9.17) is 0 Å². The molecule has 6 heteroatoms. The summed E-state index contributed by atoms with van der Waals surface area (Å²) in [5.41, 5.74) is 2.04. The van der Waals surface area contributed by atoms with Gasteiger partial charge in [-0.1, -0.05) is 18.2 Å². The highest BCUT2D eigenvalue weighted by Gasteiger charge is 2.14. The first kappa shape index (κ1) is 19.4. The predicted octanol–water partition coefficient (Wildman–Crippen LogP) is 5.13. The Bertz CT molecular complexity index is 775. The molecule has 0 saturated heterocycles. The summed E-state index contributed by atoms with van der Waals surface area (Å²) in [4.78, 5) is 17.3. The fourth-order valence-corrected chi connectivity index (χ4v) is 3.52. The molecule has 0 aliphatic rings. The zero-order chi connectivity index (χ0) is 14.7. The number of Topliss-reactive ketones (excluding diaryl/α,β-unsaturated/α-hetero) is 1. The highest BCUT2D eigenvalue weighted by Crippen LogP contribution is 2.31. The summed E-state index contributed by atoms with van der Waals surface area (Å²) in [6, 6.07) is 12.0. The smallest absolute Gasteiger partial charge is 0.174 e. The first-order chi connectivity index (χ1) is 10.3. The molecule has 1 N–H and O–H groups in total. The number of benzene rings is 1. The second-order valence-electron chi connectivity index (χ2n) is 4.89. The summed E-state index contributed by atoms with van der Waals surface area (Å²) in [5.74, 6) is 0.199. The number of pyridine rings is 1. The number of fused-ring (bicyclic) bond motifs is 1. The van der Waals surface area contributed by atoms with Crippen LogP contribution in [0.15, 0.2) is 48.8 Å². The molecule has 0 aliphatic heterocycles. The van der Waals surface area contributed by atoms with Gasteiger partial charge >= 0.3 is 0 Å². The van der Waals surface area contributed by atoms with Crippen LogP contribution in [0.4, 0.5) is 5.69 Å². The number of rotatable bonds is 5. The summed E-state index contributed by atoms with van der Waals surface area (Å²) < 4.78 is 1.18. The van der Waals surface area contributed by atoms with Crippen LogP contribution in [0.2, 0.25) is 0 Å². The maximum atomic E-state index is 12.4. The fourth-order valence-electron chi connectivity index (χ4n) is 2.34. The Morgan fingerprint density at radius 2 is 1.96 bits per heavy atom. The molecule has 0 saturated carbocycles. The number of hydrogen-bond acceptors (Lipinski definition) is 4. The lowest BCUT2D eigenvalue weighted by Gasteiger charge is -2.04. The minimum Gasteiger partial charge on any atom is -0.383 e. The molecule has 3 aromatic rings. The van der Waals surface area contributed by atoms with Crippen LogP contribution in [-0.2, 0) is 0 Å². The van der Waals surface area contributed by atoms with Crippen LogP contribution < -0.4 is 5.32 Å². The van der Waals surface area contributed by atoms with Crippen LogP contribution in [0.25, 0.3) is 10.1 Å². The molecule has 3 rings (SSSR count). The Hall–Kier alpha value is -1.62. The van der Waals surface area contributed by atoms with Crippen molar-refractivity contribution in [2.24, 2.45) is 0 Å². The first-order valence-electron chi connectivity index (χ1n) is 6.91. The zero-order valence-corrected chi connectivity index (χ0v) is 15.1. The van der Waals surface area contributed by atoms with Gasteiger partial charge in [0.15, 0.2) is 5.78 Å². The average molecular weight is 369 g/mol. The maximum Gasteiger partial charge on any atom is 0.174 e. The number of thiophene rings is 1. The van der Waals surface area contributed by atoms with E-state index in [-0.39, 0.29) is 30.6 Å². The van der Waals surface area contributed by atoms with Gasteiger partial charge in [0.2, 0.25) is 0 Å². The Labute approximate surface area is 152 Å². The largest absolute Gasteiger partial charge is 0.383 e. The van der Waals surface area contributed by atoms with Crippen molar-refractivity contribution in [2.45, 2.75) is 13.3 Å². The van der Waals surface area contributed by atoms with Gasteiger partial charge in [-0.25, -0.2) is 0 Å². The molecule has 0 atom stereocenters. The Balaban J connectivity index is 0.00000132. The molecule has 1 aromatic carbocycles. The van der Waals surface area contributed by atoms with Crippen molar-refractivity contribution >= 4 is 57.7 Å². The molecule has 0 radical (unpaired) electrons. The van der Waals surface area contributed by atoms with Crippen molar-refractivity contribution in [3.63, 3.8) is 0 Å². The Morgan fingerprint density at radius 3 is 2.65 bits per heavy atom.